The highest BCUT2D eigenvalue weighted by molar-refractivity contribution is 6.31. The fourth-order valence-electron chi connectivity index (χ4n) is 4.88. The van der Waals surface area contributed by atoms with E-state index < -0.39 is 6.10 Å². The lowest BCUT2D eigenvalue weighted by Crippen LogP contribution is -2.53. The molecule has 3 aromatic rings. The van der Waals surface area contributed by atoms with Gasteiger partial charge in [-0.1, -0.05) is 17.7 Å². The molecule has 1 saturated heterocycles. The third-order valence-corrected chi connectivity index (χ3v) is 6.89. The Hall–Kier alpha value is -2.90. The number of nitrogens with one attached hydrogen (secondary N) is 1. The molecule has 1 aliphatic heterocycles. The van der Waals surface area contributed by atoms with Crippen LogP contribution in [0.5, 0.6) is 0 Å². The molecular formula is C25H26ClFN4O2. The first-order valence-electron chi connectivity index (χ1n) is 11.3. The number of amides is 2. The van der Waals surface area contributed by atoms with Crippen molar-refractivity contribution in [2.75, 3.05) is 31.1 Å². The Balaban J connectivity index is 1.20. The van der Waals surface area contributed by atoms with Crippen LogP contribution in [-0.2, 0) is 6.42 Å². The van der Waals surface area contributed by atoms with E-state index in [0.29, 0.717) is 56.0 Å². The second-order valence-corrected chi connectivity index (χ2v) is 9.18. The predicted molar refractivity (Wildman–Crippen MR) is 127 cm³/mol. The maximum atomic E-state index is 13.6. The van der Waals surface area contributed by atoms with Gasteiger partial charge in [-0.25, -0.2) is 9.18 Å². The first-order valence-corrected chi connectivity index (χ1v) is 11.7. The van der Waals surface area contributed by atoms with Gasteiger partial charge < -0.3 is 20.2 Å². The molecule has 0 spiro atoms. The number of rotatable bonds is 2. The van der Waals surface area contributed by atoms with Crippen molar-refractivity contribution < 1.29 is 14.3 Å². The fourth-order valence-corrected chi connectivity index (χ4v) is 5.04. The Labute approximate surface area is 197 Å². The van der Waals surface area contributed by atoms with Crippen molar-refractivity contribution in [3.05, 3.63) is 70.6 Å². The van der Waals surface area contributed by atoms with E-state index in [1.165, 1.54) is 12.1 Å². The Kier molecular flexibility index (Phi) is 6.08. The van der Waals surface area contributed by atoms with Gasteiger partial charge in [0.05, 0.1) is 11.6 Å². The topological polar surface area (TPSA) is 68.7 Å². The monoisotopic (exact) mass is 468 g/mol. The van der Waals surface area contributed by atoms with E-state index in [4.69, 9.17) is 11.6 Å². The molecule has 2 N–H and O–H groups in total. The summed E-state index contributed by atoms with van der Waals surface area (Å²) in [5.41, 5.74) is 3.52. The molecule has 0 saturated carbocycles. The van der Waals surface area contributed by atoms with Gasteiger partial charge in [0.2, 0.25) is 0 Å². The quantitative estimate of drug-likeness (QED) is 0.550. The molecule has 2 atom stereocenters. The lowest BCUT2D eigenvalue weighted by molar-refractivity contribution is 0.148. The summed E-state index contributed by atoms with van der Waals surface area (Å²) in [6, 6.07) is 12.0. The fraction of sp³-hybridized carbons (Fsp3) is 0.360. The molecule has 2 unspecified atom stereocenters. The second-order valence-electron chi connectivity index (χ2n) is 8.75. The van der Waals surface area contributed by atoms with E-state index >= 15 is 0 Å². The zero-order chi connectivity index (χ0) is 22.9. The van der Waals surface area contributed by atoms with Crippen molar-refractivity contribution in [3.8, 4) is 0 Å². The summed E-state index contributed by atoms with van der Waals surface area (Å²) in [6.45, 7) is 2.63. The summed E-state index contributed by atoms with van der Waals surface area (Å²) in [4.78, 5) is 21.4. The van der Waals surface area contributed by atoms with Crippen LogP contribution in [0.3, 0.4) is 0 Å². The predicted octanol–water partition coefficient (Wildman–Crippen LogP) is 4.30. The molecular weight excluding hydrogens is 443 g/mol. The van der Waals surface area contributed by atoms with E-state index in [1.54, 1.807) is 12.3 Å². The molecule has 33 heavy (non-hydrogen) atoms. The molecule has 1 fully saturated rings. The minimum Gasteiger partial charge on any atom is -0.388 e. The number of hydrogen-bond acceptors (Lipinski definition) is 4. The molecule has 2 heterocycles. The number of nitrogens with zero attached hydrogens (tertiary/aromatic N) is 3. The number of pyridine rings is 1. The third kappa shape index (κ3) is 4.61. The highest BCUT2D eigenvalue weighted by atomic mass is 35.5. The molecule has 6 nitrogen and oxygen atoms in total. The van der Waals surface area contributed by atoms with Crippen molar-refractivity contribution in [2.45, 2.75) is 31.4 Å². The van der Waals surface area contributed by atoms with Crippen LogP contribution in [0.4, 0.5) is 14.9 Å². The number of halogens is 2. The molecule has 2 aliphatic rings. The van der Waals surface area contributed by atoms with Gasteiger partial charge in [0.25, 0.3) is 0 Å². The van der Waals surface area contributed by atoms with Crippen LogP contribution in [0.2, 0.25) is 5.02 Å². The van der Waals surface area contributed by atoms with Crippen LogP contribution < -0.4 is 10.2 Å². The number of aromatic nitrogens is 1. The van der Waals surface area contributed by atoms with Gasteiger partial charge in [-0.3, -0.25) is 4.98 Å². The molecule has 1 aliphatic carbocycles. The number of carbonyl (C=O) groups is 1. The standard InChI is InChI=1S/C25H26ClFN4O2/c26-17-3-6-20-22(13-17)28-8-7-23(20)30-9-11-31(12-10-30)25(33)29-19-5-2-16-1-4-18(27)14-21(16)24(32)15-19/h1,3-4,6-8,13-14,19,24,32H,2,5,9-12,15H2,(H,29,33). The van der Waals surface area contributed by atoms with Crippen molar-refractivity contribution in [3.63, 3.8) is 0 Å². The molecule has 0 bridgehead atoms. The maximum absolute atomic E-state index is 13.6. The van der Waals surface area contributed by atoms with E-state index in [1.807, 2.05) is 29.2 Å². The van der Waals surface area contributed by atoms with Gasteiger partial charge in [0, 0.05) is 54.5 Å². The number of urea groups is 1. The van der Waals surface area contributed by atoms with Crippen LogP contribution in [0.25, 0.3) is 10.9 Å². The van der Waals surface area contributed by atoms with Crippen molar-refractivity contribution in [2.24, 2.45) is 0 Å². The molecule has 0 radical (unpaired) electrons. The number of piperazine rings is 1. The van der Waals surface area contributed by atoms with E-state index in [2.05, 4.69) is 15.2 Å². The molecule has 172 valence electrons. The Morgan fingerprint density at radius 3 is 2.76 bits per heavy atom. The number of hydrogen-bond donors (Lipinski definition) is 2. The van der Waals surface area contributed by atoms with Crippen LogP contribution in [0.15, 0.2) is 48.7 Å². The Bertz CT molecular complexity index is 1180. The third-order valence-electron chi connectivity index (χ3n) is 6.65. The highest BCUT2D eigenvalue weighted by Crippen LogP contribution is 2.30. The summed E-state index contributed by atoms with van der Waals surface area (Å²) in [7, 11) is 0. The molecule has 2 amide bonds. The lowest BCUT2D eigenvalue weighted by atomic mass is 10.0. The smallest absolute Gasteiger partial charge is 0.317 e. The number of carbonyl (C=O) groups excluding carboxylic acids is 1. The van der Waals surface area contributed by atoms with Crippen LogP contribution in [-0.4, -0.2) is 53.2 Å². The zero-order valence-corrected chi connectivity index (χ0v) is 18.9. The summed E-state index contributed by atoms with van der Waals surface area (Å²) >= 11 is 6.11. The summed E-state index contributed by atoms with van der Waals surface area (Å²) in [6.07, 6.45) is 2.80. The van der Waals surface area contributed by atoms with Crippen LogP contribution in [0.1, 0.15) is 30.1 Å². The van der Waals surface area contributed by atoms with E-state index in [-0.39, 0.29) is 17.9 Å². The van der Waals surface area contributed by atoms with Crippen molar-refractivity contribution >= 4 is 34.2 Å². The second kappa shape index (κ2) is 9.15. The molecule has 8 heteroatoms. The number of aryl methyl sites for hydroxylation is 1. The lowest BCUT2D eigenvalue weighted by Gasteiger charge is -2.37. The maximum Gasteiger partial charge on any atom is 0.317 e. The Morgan fingerprint density at radius 2 is 1.94 bits per heavy atom. The number of anilines is 1. The van der Waals surface area contributed by atoms with Crippen LogP contribution in [0, 0.1) is 5.82 Å². The largest absolute Gasteiger partial charge is 0.388 e. The summed E-state index contributed by atoms with van der Waals surface area (Å²) in [5, 5.41) is 15.4. The van der Waals surface area contributed by atoms with Crippen molar-refractivity contribution in [1.29, 1.82) is 0 Å². The van der Waals surface area contributed by atoms with Gasteiger partial charge >= 0.3 is 6.03 Å². The van der Waals surface area contributed by atoms with E-state index in [9.17, 15) is 14.3 Å². The molecule has 5 rings (SSSR count). The van der Waals surface area contributed by atoms with Gasteiger partial charge in [-0.15, -0.1) is 0 Å². The number of aliphatic hydroxyl groups excluding tert-OH is 1. The first kappa shape index (κ1) is 21.9. The number of benzene rings is 2. The van der Waals surface area contributed by atoms with E-state index in [0.717, 1.165) is 22.2 Å². The Morgan fingerprint density at radius 1 is 1.12 bits per heavy atom. The molecule has 1 aromatic heterocycles. The zero-order valence-electron chi connectivity index (χ0n) is 18.2. The normalized spacial score (nSPS) is 20.9. The van der Waals surface area contributed by atoms with Crippen molar-refractivity contribution in [1.82, 2.24) is 15.2 Å². The average molecular weight is 469 g/mol. The SMILES string of the molecule is O=C(NC1CCc2ccc(F)cc2C(O)C1)N1CCN(c2ccnc3cc(Cl)ccc23)CC1. The summed E-state index contributed by atoms with van der Waals surface area (Å²) in [5.74, 6) is -0.349. The van der Waals surface area contributed by atoms with Gasteiger partial charge in [-0.2, -0.15) is 0 Å². The summed E-state index contributed by atoms with van der Waals surface area (Å²) < 4.78 is 13.6. The molecule has 2 aromatic carbocycles. The minimum atomic E-state index is -0.783. The highest BCUT2D eigenvalue weighted by Gasteiger charge is 2.28. The van der Waals surface area contributed by atoms with Gasteiger partial charge in [0.1, 0.15) is 5.82 Å². The van der Waals surface area contributed by atoms with Gasteiger partial charge in [0.15, 0.2) is 0 Å². The average Bonchev–Trinajstić information content (AvgIpc) is 2.97. The van der Waals surface area contributed by atoms with Gasteiger partial charge in [-0.05, 0) is 66.8 Å². The number of aliphatic hydroxyl groups is 1. The minimum absolute atomic E-state index is 0.115. The number of fused-ring (bicyclic) bond motifs is 2. The van der Waals surface area contributed by atoms with Crippen LogP contribution >= 0.6 is 11.6 Å². The first-order chi connectivity index (χ1) is 16.0.